The molecule has 0 aliphatic carbocycles. The number of hydrogen-bond acceptors (Lipinski definition) is 8. The van der Waals surface area contributed by atoms with Crippen LogP contribution < -0.4 is 10.1 Å². The summed E-state index contributed by atoms with van der Waals surface area (Å²) in [5, 5.41) is 30.1. The first-order valence-corrected chi connectivity index (χ1v) is 18.2. The van der Waals surface area contributed by atoms with Crippen molar-refractivity contribution in [2.24, 2.45) is 5.92 Å². The lowest BCUT2D eigenvalue weighted by molar-refractivity contribution is -0.146. The van der Waals surface area contributed by atoms with Crippen molar-refractivity contribution in [3.05, 3.63) is 126 Å². The van der Waals surface area contributed by atoms with Crippen LogP contribution in [0.2, 0.25) is 0 Å². The van der Waals surface area contributed by atoms with Gasteiger partial charge in [0, 0.05) is 41.9 Å². The number of carboxylic acids is 3. The van der Waals surface area contributed by atoms with Gasteiger partial charge < -0.3 is 29.9 Å². The summed E-state index contributed by atoms with van der Waals surface area (Å²) in [7, 11) is 1.57. The smallest absolute Gasteiger partial charge is 0.316 e. The maximum absolute atomic E-state index is 13.0. The van der Waals surface area contributed by atoms with Crippen molar-refractivity contribution in [3.63, 3.8) is 0 Å². The minimum Gasteiger partial charge on any atom is -0.497 e. The number of halogens is 1. The highest BCUT2D eigenvalue weighted by Gasteiger charge is 2.41. The van der Waals surface area contributed by atoms with E-state index in [4.69, 9.17) is 20.1 Å². The Bertz CT molecular complexity index is 2170. The Balaban J connectivity index is 0.000000156. The fourth-order valence-electron chi connectivity index (χ4n) is 5.75. The molecule has 0 spiro atoms. The molecule has 1 aliphatic heterocycles. The highest BCUT2D eigenvalue weighted by Crippen LogP contribution is 2.31. The van der Waals surface area contributed by atoms with Crippen molar-refractivity contribution in [1.82, 2.24) is 14.9 Å². The summed E-state index contributed by atoms with van der Waals surface area (Å²) in [4.78, 5) is 48.1. The van der Waals surface area contributed by atoms with Crippen molar-refractivity contribution >= 4 is 68.0 Å². The average molecular weight is 758 g/mol. The van der Waals surface area contributed by atoms with Gasteiger partial charge in [0.2, 0.25) is 5.91 Å². The number of fused-ring (bicyclic) bond motifs is 2. The highest BCUT2D eigenvalue weighted by atomic mass is 32.2. The van der Waals surface area contributed by atoms with Crippen LogP contribution in [-0.4, -0.2) is 68.1 Å². The summed E-state index contributed by atoms with van der Waals surface area (Å²) in [6.07, 6.45) is 2.04. The molecule has 4 aromatic carbocycles. The molecule has 0 saturated carbocycles. The van der Waals surface area contributed by atoms with Crippen LogP contribution >= 0.6 is 23.1 Å². The van der Waals surface area contributed by atoms with Crippen molar-refractivity contribution in [2.45, 2.75) is 29.6 Å². The van der Waals surface area contributed by atoms with E-state index in [1.54, 1.807) is 54.8 Å². The zero-order valence-corrected chi connectivity index (χ0v) is 30.1. The number of benzene rings is 4. The van der Waals surface area contributed by atoms with Gasteiger partial charge in [-0.25, -0.2) is 9.37 Å². The van der Waals surface area contributed by atoms with Crippen LogP contribution in [0.25, 0.3) is 21.1 Å². The molecule has 53 heavy (non-hydrogen) atoms. The average Bonchev–Trinajstić information content (AvgIpc) is 3.84. The van der Waals surface area contributed by atoms with Crippen LogP contribution in [0, 0.1) is 11.7 Å². The number of hydrogen-bond donors (Lipinski definition) is 4. The summed E-state index contributed by atoms with van der Waals surface area (Å²) in [6.45, 7) is 0.947. The third-order valence-electron chi connectivity index (χ3n) is 8.29. The molecular formula is C39H36FN3O8S2. The molecule has 0 bridgehead atoms. The van der Waals surface area contributed by atoms with E-state index in [-0.39, 0.29) is 24.6 Å². The molecule has 2 aromatic heterocycles. The quantitative estimate of drug-likeness (QED) is 0.0804. The second-order valence-corrected chi connectivity index (χ2v) is 14.2. The fraction of sp³-hybridized carbons (Fsp3) is 0.205. The Hall–Kier alpha value is -5.73. The second kappa shape index (κ2) is 18.2. The number of carbonyl (C=O) groups is 4. The fourth-order valence-corrected chi connectivity index (χ4v) is 7.82. The predicted octanol–water partition coefficient (Wildman–Crippen LogP) is 6.93. The number of carboxylic acid groups (broad SMARTS) is 3. The standard InChI is InChI=1S/C17H14FNO2.C12H13NO4.C10H9NO2S2/c18-14-7-5-12(6-8-14)10-19-11-13(9-17(20)21)15-3-1-2-4-16(15)19;1-17-8-4-2-7(3-5-8)9-6-13-11(14)10(9)12(15)16;12-9(13)5-6-14-10-11-7-3-1-2-4-8(7)15-10/h1-8,11H,9-10H2,(H,20,21);2-5,9-10H,6H2,1H3,(H,13,14)(H,15,16);1-4H,5-6H2,(H,12,13). The van der Waals surface area contributed by atoms with Gasteiger partial charge in [0.05, 0.1) is 30.2 Å². The van der Waals surface area contributed by atoms with Crippen LogP contribution in [0.3, 0.4) is 0 Å². The van der Waals surface area contributed by atoms with E-state index in [1.807, 2.05) is 59.3 Å². The molecule has 7 rings (SSSR count). The lowest BCUT2D eigenvalue weighted by atomic mass is 9.88. The number of ether oxygens (including phenoxy) is 1. The number of aromatic nitrogens is 2. The largest absolute Gasteiger partial charge is 0.497 e. The molecule has 1 fully saturated rings. The van der Waals surface area contributed by atoms with Crippen LogP contribution in [0.1, 0.15) is 29.0 Å². The highest BCUT2D eigenvalue weighted by molar-refractivity contribution is 8.01. The number of rotatable bonds is 11. The van der Waals surface area contributed by atoms with Crippen molar-refractivity contribution < 1.29 is 43.6 Å². The minimum absolute atomic E-state index is 0.00304. The third kappa shape index (κ3) is 10.4. The Morgan fingerprint density at radius 2 is 1.64 bits per heavy atom. The molecule has 1 saturated heterocycles. The van der Waals surface area contributed by atoms with Gasteiger partial charge in [-0.3, -0.25) is 19.2 Å². The van der Waals surface area contributed by atoms with E-state index in [2.05, 4.69) is 10.3 Å². The van der Waals surface area contributed by atoms with Crippen LogP contribution in [-0.2, 0) is 32.1 Å². The maximum atomic E-state index is 13.0. The summed E-state index contributed by atoms with van der Waals surface area (Å²) in [6, 6.07) is 29.1. The SMILES string of the molecule is COc1ccc(C2CNC(=O)C2C(=O)O)cc1.O=C(O)CCSc1nc2ccccc2s1.O=C(O)Cc1cn(Cc2ccc(F)cc2)c2ccccc12. The van der Waals surface area contributed by atoms with E-state index in [1.165, 1.54) is 23.9 Å². The zero-order valence-electron chi connectivity index (χ0n) is 28.5. The van der Waals surface area contributed by atoms with Crippen LogP contribution in [0.4, 0.5) is 4.39 Å². The number of methoxy groups -OCH3 is 1. The molecule has 1 aliphatic rings. The molecule has 2 unspecified atom stereocenters. The maximum Gasteiger partial charge on any atom is 0.316 e. The van der Waals surface area contributed by atoms with Gasteiger partial charge in [-0.15, -0.1) is 11.3 Å². The van der Waals surface area contributed by atoms with Crippen LogP contribution in [0.15, 0.2) is 108 Å². The number of para-hydroxylation sites is 2. The van der Waals surface area contributed by atoms with E-state index in [0.717, 1.165) is 42.1 Å². The molecule has 2 atom stereocenters. The van der Waals surface area contributed by atoms with Gasteiger partial charge in [0.1, 0.15) is 17.5 Å². The van der Waals surface area contributed by atoms with Crippen molar-refractivity contribution in [2.75, 3.05) is 19.4 Å². The summed E-state index contributed by atoms with van der Waals surface area (Å²) < 4.78 is 22.1. The van der Waals surface area contributed by atoms with E-state index in [0.29, 0.717) is 24.6 Å². The molecule has 1 amide bonds. The van der Waals surface area contributed by atoms with Crippen LogP contribution in [0.5, 0.6) is 5.75 Å². The first-order chi connectivity index (χ1) is 25.5. The molecule has 274 valence electrons. The molecule has 14 heteroatoms. The number of nitrogens with zero attached hydrogens (tertiary/aromatic N) is 2. The normalized spacial score (nSPS) is 14.8. The minimum atomic E-state index is -1.08. The summed E-state index contributed by atoms with van der Waals surface area (Å²) in [5.74, 6) is -3.40. The van der Waals surface area contributed by atoms with Gasteiger partial charge in [-0.05, 0) is 59.2 Å². The van der Waals surface area contributed by atoms with Gasteiger partial charge in [-0.2, -0.15) is 0 Å². The molecular weight excluding hydrogens is 722 g/mol. The van der Waals surface area contributed by atoms with Gasteiger partial charge in [-0.1, -0.05) is 66.4 Å². The van der Waals surface area contributed by atoms with Crippen molar-refractivity contribution in [3.8, 4) is 5.75 Å². The molecule has 3 heterocycles. The first kappa shape index (κ1) is 38.5. The number of carbonyl (C=O) groups excluding carboxylic acids is 1. The lowest BCUT2D eigenvalue weighted by Gasteiger charge is -2.13. The Labute approximate surface area is 312 Å². The molecule has 6 aromatic rings. The van der Waals surface area contributed by atoms with E-state index in [9.17, 15) is 23.6 Å². The topological polar surface area (TPSA) is 168 Å². The molecule has 4 N–H and O–H groups in total. The monoisotopic (exact) mass is 757 g/mol. The Morgan fingerprint density at radius 1 is 0.943 bits per heavy atom. The molecule has 0 radical (unpaired) electrons. The number of aliphatic carboxylic acids is 3. The molecule has 11 nitrogen and oxygen atoms in total. The number of nitrogens with one attached hydrogen (secondary N) is 1. The van der Waals surface area contributed by atoms with E-state index >= 15 is 0 Å². The summed E-state index contributed by atoms with van der Waals surface area (Å²) in [5.41, 5.74) is 4.56. The van der Waals surface area contributed by atoms with E-state index < -0.39 is 29.7 Å². The number of amides is 1. The number of thioether (sulfide) groups is 1. The predicted molar refractivity (Wildman–Crippen MR) is 201 cm³/mol. The Kier molecular flexibility index (Phi) is 13.2. The zero-order chi connectivity index (χ0) is 37.9. The van der Waals surface area contributed by atoms with Gasteiger partial charge in [0.25, 0.3) is 0 Å². The van der Waals surface area contributed by atoms with Gasteiger partial charge in [0.15, 0.2) is 4.34 Å². The Morgan fingerprint density at radius 3 is 2.30 bits per heavy atom. The first-order valence-electron chi connectivity index (χ1n) is 16.4. The second-order valence-electron chi connectivity index (χ2n) is 11.9. The van der Waals surface area contributed by atoms with Crippen molar-refractivity contribution in [1.29, 1.82) is 0 Å². The number of thiazole rings is 1. The lowest BCUT2D eigenvalue weighted by Crippen LogP contribution is -2.26. The third-order valence-corrected chi connectivity index (χ3v) is 10.5. The summed E-state index contributed by atoms with van der Waals surface area (Å²) >= 11 is 3.11. The van der Waals surface area contributed by atoms with Gasteiger partial charge >= 0.3 is 17.9 Å².